The van der Waals surface area contributed by atoms with Crippen molar-refractivity contribution in [3.05, 3.63) is 29.6 Å². The maximum absolute atomic E-state index is 13.3. The number of hydrogen-bond donors (Lipinski definition) is 1. The molecule has 0 aliphatic carbocycles. The van der Waals surface area contributed by atoms with Crippen LogP contribution in [-0.2, 0) is 14.8 Å². The van der Waals surface area contributed by atoms with Gasteiger partial charge >= 0.3 is 5.97 Å². The summed E-state index contributed by atoms with van der Waals surface area (Å²) in [4.78, 5) is 11.3. The van der Waals surface area contributed by atoms with Gasteiger partial charge in [-0.15, -0.1) is 11.6 Å². The van der Waals surface area contributed by atoms with Crippen LogP contribution in [0.15, 0.2) is 18.2 Å². The number of carbonyl (C=O) groups is 1. The molecular weight excluding hydrogens is 297 g/mol. The third-order valence-electron chi connectivity index (χ3n) is 2.19. The third kappa shape index (κ3) is 4.68. The Morgan fingerprint density at radius 1 is 1.47 bits per heavy atom. The maximum Gasteiger partial charge on any atom is 0.340 e. The molecule has 0 spiro atoms. The van der Waals surface area contributed by atoms with E-state index in [0.717, 1.165) is 19.2 Å². The first-order valence-corrected chi connectivity index (χ1v) is 7.52. The van der Waals surface area contributed by atoms with Gasteiger partial charge in [-0.05, 0) is 24.6 Å². The number of esters is 1. The summed E-state index contributed by atoms with van der Waals surface area (Å²) < 4.78 is 43.2. The Hall–Kier alpha value is -1.34. The fourth-order valence-corrected chi connectivity index (χ4v) is 2.73. The molecule has 0 aliphatic rings. The summed E-state index contributed by atoms with van der Waals surface area (Å²) in [6.07, 6.45) is 0.294. The lowest BCUT2D eigenvalue weighted by atomic mass is 10.2. The molecule has 0 aromatic heterocycles. The van der Waals surface area contributed by atoms with Crippen molar-refractivity contribution in [2.24, 2.45) is 0 Å². The van der Waals surface area contributed by atoms with Crippen LogP contribution in [0.3, 0.4) is 0 Å². The second-order valence-electron chi connectivity index (χ2n) is 3.65. The number of rotatable bonds is 6. The van der Waals surface area contributed by atoms with Crippen LogP contribution >= 0.6 is 11.6 Å². The Morgan fingerprint density at radius 2 is 2.16 bits per heavy atom. The number of carbonyl (C=O) groups excluding carboxylic acids is 1. The van der Waals surface area contributed by atoms with Gasteiger partial charge in [0.1, 0.15) is 5.82 Å². The van der Waals surface area contributed by atoms with Crippen LogP contribution in [-0.4, -0.2) is 33.1 Å². The highest BCUT2D eigenvalue weighted by Gasteiger charge is 2.15. The average molecular weight is 310 g/mol. The first-order valence-electron chi connectivity index (χ1n) is 5.34. The molecule has 5 nitrogen and oxygen atoms in total. The van der Waals surface area contributed by atoms with Crippen LogP contribution in [0.4, 0.5) is 10.1 Å². The Kier molecular flexibility index (Phi) is 5.56. The van der Waals surface area contributed by atoms with Gasteiger partial charge in [0.25, 0.3) is 0 Å². The molecular formula is C11H13ClFNO4S. The fraction of sp³-hybridized carbons (Fsp3) is 0.364. The molecule has 106 valence electrons. The van der Waals surface area contributed by atoms with Crippen molar-refractivity contribution < 1.29 is 22.3 Å². The molecule has 0 atom stereocenters. The summed E-state index contributed by atoms with van der Waals surface area (Å²) in [5.74, 6) is -1.59. The van der Waals surface area contributed by atoms with E-state index in [1.165, 1.54) is 6.07 Å². The van der Waals surface area contributed by atoms with E-state index in [2.05, 4.69) is 9.46 Å². The van der Waals surface area contributed by atoms with Gasteiger partial charge in [-0.25, -0.2) is 17.6 Å². The van der Waals surface area contributed by atoms with E-state index < -0.39 is 21.8 Å². The van der Waals surface area contributed by atoms with E-state index in [4.69, 9.17) is 11.6 Å². The highest BCUT2D eigenvalue weighted by molar-refractivity contribution is 7.92. The van der Waals surface area contributed by atoms with Gasteiger partial charge in [-0.1, -0.05) is 0 Å². The summed E-state index contributed by atoms with van der Waals surface area (Å²) in [5.41, 5.74) is -0.239. The molecule has 0 amide bonds. The molecule has 0 saturated carbocycles. The number of sulfonamides is 1. The molecule has 0 saturated heterocycles. The van der Waals surface area contributed by atoms with Crippen molar-refractivity contribution >= 4 is 33.3 Å². The second-order valence-corrected chi connectivity index (χ2v) is 5.87. The number of anilines is 1. The van der Waals surface area contributed by atoms with Crippen LogP contribution in [0.1, 0.15) is 16.8 Å². The van der Waals surface area contributed by atoms with Crippen molar-refractivity contribution in [1.82, 2.24) is 0 Å². The Balaban J connectivity index is 2.94. The lowest BCUT2D eigenvalue weighted by molar-refractivity contribution is 0.0595. The van der Waals surface area contributed by atoms with Crippen molar-refractivity contribution in [2.75, 3.05) is 23.5 Å². The molecule has 1 rings (SSSR count). The van der Waals surface area contributed by atoms with Gasteiger partial charge in [-0.3, -0.25) is 4.72 Å². The number of alkyl halides is 1. The van der Waals surface area contributed by atoms with Gasteiger partial charge in [-0.2, -0.15) is 0 Å². The summed E-state index contributed by atoms with van der Waals surface area (Å²) >= 11 is 5.41. The maximum atomic E-state index is 13.3. The number of methoxy groups -OCH3 is 1. The van der Waals surface area contributed by atoms with Crippen LogP contribution in [0.5, 0.6) is 0 Å². The predicted molar refractivity (Wildman–Crippen MR) is 70.5 cm³/mol. The quantitative estimate of drug-likeness (QED) is 0.644. The molecule has 0 bridgehead atoms. The van der Waals surface area contributed by atoms with Gasteiger partial charge in [0.05, 0.1) is 18.4 Å². The summed E-state index contributed by atoms with van der Waals surface area (Å²) in [6.45, 7) is 0. The van der Waals surface area contributed by atoms with Crippen LogP contribution in [0.25, 0.3) is 0 Å². The first kappa shape index (κ1) is 15.7. The topological polar surface area (TPSA) is 72.5 Å². The smallest absolute Gasteiger partial charge is 0.340 e. The van der Waals surface area contributed by atoms with Crippen LogP contribution in [0, 0.1) is 5.82 Å². The summed E-state index contributed by atoms with van der Waals surface area (Å²) in [5, 5.41) is 0. The lowest BCUT2D eigenvalue weighted by Gasteiger charge is -2.09. The van der Waals surface area contributed by atoms with Gasteiger partial charge in [0.2, 0.25) is 10.0 Å². The SMILES string of the molecule is COC(=O)c1cc(NS(=O)(=O)CCCCl)ccc1F. The zero-order valence-corrected chi connectivity index (χ0v) is 11.7. The van der Waals surface area contributed by atoms with Gasteiger partial charge in [0.15, 0.2) is 0 Å². The van der Waals surface area contributed by atoms with Crippen LogP contribution < -0.4 is 4.72 Å². The van der Waals surface area contributed by atoms with E-state index in [9.17, 15) is 17.6 Å². The minimum Gasteiger partial charge on any atom is -0.465 e. The molecule has 0 aliphatic heterocycles. The number of ether oxygens (including phenoxy) is 1. The number of benzene rings is 1. The van der Waals surface area contributed by atoms with E-state index in [-0.39, 0.29) is 22.9 Å². The molecule has 1 aromatic rings. The zero-order chi connectivity index (χ0) is 14.5. The Bertz CT molecular complexity index is 562. The fourth-order valence-electron chi connectivity index (χ4n) is 1.33. The van der Waals surface area contributed by atoms with E-state index in [1.54, 1.807) is 0 Å². The van der Waals surface area contributed by atoms with Crippen molar-refractivity contribution in [3.63, 3.8) is 0 Å². The van der Waals surface area contributed by atoms with E-state index >= 15 is 0 Å². The molecule has 0 heterocycles. The molecule has 0 radical (unpaired) electrons. The average Bonchev–Trinajstić information content (AvgIpc) is 2.37. The van der Waals surface area contributed by atoms with Gasteiger partial charge < -0.3 is 4.74 Å². The zero-order valence-electron chi connectivity index (χ0n) is 10.2. The van der Waals surface area contributed by atoms with E-state index in [0.29, 0.717) is 6.42 Å². The largest absolute Gasteiger partial charge is 0.465 e. The van der Waals surface area contributed by atoms with Gasteiger partial charge in [0, 0.05) is 11.6 Å². The summed E-state index contributed by atoms with van der Waals surface area (Å²) in [7, 11) is -2.46. The Labute approximate surface area is 115 Å². The molecule has 8 heteroatoms. The molecule has 0 fully saturated rings. The monoisotopic (exact) mass is 309 g/mol. The van der Waals surface area contributed by atoms with Crippen molar-refractivity contribution in [2.45, 2.75) is 6.42 Å². The first-order chi connectivity index (χ1) is 8.89. The number of halogens is 2. The molecule has 1 N–H and O–H groups in total. The van der Waals surface area contributed by atoms with Crippen LogP contribution in [0.2, 0.25) is 0 Å². The van der Waals surface area contributed by atoms with Crippen molar-refractivity contribution in [1.29, 1.82) is 0 Å². The summed E-state index contributed by atoms with van der Waals surface area (Å²) in [6, 6.07) is 3.30. The highest BCUT2D eigenvalue weighted by Crippen LogP contribution is 2.17. The van der Waals surface area contributed by atoms with Crippen molar-refractivity contribution in [3.8, 4) is 0 Å². The third-order valence-corrected chi connectivity index (χ3v) is 3.83. The highest BCUT2D eigenvalue weighted by atomic mass is 35.5. The molecule has 1 aromatic carbocycles. The minimum absolute atomic E-state index is 0.0939. The second kappa shape index (κ2) is 6.72. The van der Waals surface area contributed by atoms with E-state index in [1.807, 2.05) is 0 Å². The minimum atomic E-state index is -3.57. The number of hydrogen-bond acceptors (Lipinski definition) is 4. The number of nitrogens with one attached hydrogen (secondary N) is 1. The standard InChI is InChI=1S/C11H13ClFNO4S/c1-18-11(15)9-7-8(3-4-10(9)13)14-19(16,17)6-2-5-12/h3-4,7,14H,2,5-6H2,1H3. The molecule has 19 heavy (non-hydrogen) atoms. The molecule has 0 unspecified atom stereocenters. The normalized spacial score (nSPS) is 11.1. The lowest BCUT2D eigenvalue weighted by Crippen LogP contribution is -2.17. The predicted octanol–water partition coefficient (Wildman–Crippen LogP) is 1.98. The Morgan fingerprint density at radius 3 is 2.74 bits per heavy atom.